The van der Waals surface area contributed by atoms with Gasteiger partial charge in [0.15, 0.2) is 0 Å². The highest BCUT2D eigenvalue weighted by Gasteiger charge is 2.25. The third kappa shape index (κ3) is 14.0. The molecule has 0 saturated heterocycles. The maximum absolute atomic E-state index is 12.6. The van der Waals surface area contributed by atoms with Gasteiger partial charge in [0.2, 0.25) is 0 Å². The van der Waals surface area contributed by atoms with Gasteiger partial charge in [0, 0.05) is 5.56 Å². The molecule has 0 fully saturated rings. The van der Waals surface area contributed by atoms with E-state index < -0.39 is 0 Å². The Morgan fingerprint density at radius 1 is 0.763 bits per heavy atom. The number of unbranched alkanes of at least 4 members (excludes halogenated alkanes) is 10. The van der Waals surface area contributed by atoms with E-state index in [0.29, 0.717) is 6.61 Å². The number of hydrogen-bond acceptors (Lipinski definition) is 3. The summed E-state index contributed by atoms with van der Waals surface area (Å²) >= 11 is 0. The zero-order valence-corrected chi connectivity index (χ0v) is 24.8. The minimum Gasteiger partial charge on any atom is -0.490 e. The first kappa shape index (κ1) is 31.9. The standard InChI is InChI=1S/C34H54NO3/c1-5-6-7-8-9-10-11-12-13-14-18-23-32-24-19-20-25-33(32)37-26-27-38-34(36)30(2)28-35(3,4)29-31-21-16-15-17-22-31/h15-17,19-22,24-25,30H,5-14,18,23,26-29H2,1-4H3/q+1. The molecule has 0 N–H and O–H groups in total. The van der Waals surface area contributed by atoms with Crippen LogP contribution in [0.15, 0.2) is 54.6 Å². The summed E-state index contributed by atoms with van der Waals surface area (Å²) in [6.45, 7) is 6.52. The van der Waals surface area contributed by atoms with E-state index in [4.69, 9.17) is 9.47 Å². The topological polar surface area (TPSA) is 35.5 Å². The fourth-order valence-electron chi connectivity index (χ4n) is 5.23. The SMILES string of the molecule is CCCCCCCCCCCCCc1ccccc1OCCOC(=O)C(C)C[N+](C)(C)Cc1ccccc1. The van der Waals surface area contributed by atoms with Gasteiger partial charge in [-0.25, -0.2) is 0 Å². The van der Waals surface area contributed by atoms with Crippen molar-refractivity contribution in [1.82, 2.24) is 0 Å². The first-order chi connectivity index (χ1) is 18.4. The van der Waals surface area contributed by atoms with E-state index in [2.05, 4.69) is 57.4 Å². The summed E-state index contributed by atoms with van der Waals surface area (Å²) in [6, 6.07) is 18.7. The molecule has 0 saturated carbocycles. The molecular formula is C34H54NO3+. The van der Waals surface area contributed by atoms with Gasteiger partial charge in [0.25, 0.3) is 0 Å². The average molecular weight is 525 g/mol. The number of ether oxygens (including phenoxy) is 2. The van der Waals surface area contributed by atoms with Gasteiger partial charge in [-0.1, -0.05) is 120 Å². The lowest BCUT2D eigenvalue weighted by molar-refractivity contribution is -0.905. The monoisotopic (exact) mass is 524 g/mol. The van der Waals surface area contributed by atoms with Gasteiger partial charge in [0.1, 0.15) is 31.4 Å². The Morgan fingerprint density at radius 3 is 2.00 bits per heavy atom. The molecule has 1 unspecified atom stereocenters. The lowest BCUT2D eigenvalue weighted by atomic mass is 10.0. The Balaban J connectivity index is 1.60. The van der Waals surface area contributed by atoms with E-state index in [1.165, 1.54) is 81.8 Å². The summed E-state index contributed by atoms with van der Waals surface area (Å²) in [5.74, 6) is 0.605. The summed E-state index contributed by atoms with van der Waals surface area (Å²) in [5, 5.41) is 0. The summed E-state index contributed by atoms with van der Waals surface area (Å²) in [7, 11) is 4.32. The Kier molecular flexibility index (Phi) is 15.8. The number of nitrogens with zero attached hydrogens (tertiary/aromatic N) is 1. The number of carbonyl (C=O) groups is 1. The predicted molar refractivity (Wildman–Crippen MR) is 159 cm³/mol. The summed E-state index contributed by atoms with van der Waals surface area (Å²) in [5.41, 5.74) is 2.53. The quantitative estimate of drug-likeness (QED) is 0.0934. The molecule has 0 spiro atoms. The number of quaternary nitrogens is 1. The van der Waals surface area contributed by atoms with Crippen molar-refractivity contribution in [3.63, 3.8) is 0 Å². The second kappa shape index (κ2) is 18.8. The molecule has 2 rings (SSSR count). The van der Waals surface area contributed by atoms with Crippen LogP contribution >= 0.6 is 0 Å². The highest BCUT2D eigenvalue weighted by atomic mass is 16.6. The van der Waals surface area contributed by atoms with Crippen LogP contribution in [0.4, 0.5) is 0 Å². The molecule has 1 atom stereocenters. The van der Waals surface area contributed by atoms with Crippen LogP contribution in [0, 0.1) is 5.92 Å². The normalized spacial score (nSPS) is 12.3. The number of para-hydroxylation sites is 1. The number of aryl methyl sites for hydroxylation is 1. The van der Waals surface area contributed by atoms with Crippen molar-refractivity contribution in [2.75, 3.05) is 33.9 Å². The fourth-order valence-corrected chi connectivity index (χ4v) is 5.23. The van der Waals surface area contributed by atoms with Gasteiger partial charge >= 0.3 is 5.97 Å². The molecule has 212 valence electrons. The summed E-state index contributed by atoms with van der Waals surface area (Å²) < 4.78 is 12.3. The van der Waals surface area contributed by atoms with Crippen LogP contribution < -0.4 is 4.74 Å². The predicted octanol–water partition coefficient (Wildman–Crippen LogP) is 8.37. The molecule has 0 amide bonds. The molecule has 0 aromatic heterocycles. The average Bonchev–Trinajstić information content (AvgIpc) is 2.90. The van der Waals surface area contributed by atoms with Crippen LogP contribution in [0.25, 0.3) is 0 Å². The van der Waals surface area contributed by atoms with Gasteiger partial charge in [-0.2, -0.15) is 0 Å². The Labute approximate surface area is 233 Å². The van der Waals surface area contributed by atoms with Crippen LogP contribution in [-0.2, 0) is 22.5 Å². The molecule has 0 aliphatic rings. The zero-order chi connectivity index (χ0) is 27.5. The Morgan fingerprint density at radius 2 is 1.34 bits per heavy atom. The van der Waals surface area contributed by atoms with Crippen molar-refractivity contribution in [2.24, 2.45) is 5.92 Å². The van der Waals surface area contributed by atoms with Crippen molar-refractivity contribution in [2.45, 2.75) is 97.4 Å². The Bertz CT molecular complexity index is 880. The van der Waals surface area contributed by atoms with E-state index in [9.17, 15) is 4.79 Å². The molecule has 0 heterocycles. The second-order valence-corrected chi connectivity index (χ2v) is 11.6. The van der Waals surface area contributed by atoms with E-state index in [-0.39, 0.29) is 18.5 Å². The highest BCUT2D eigenvalue weighted by molar-refractivity contribution is 5.72. The highest BCUT2D eigenvalue weighted by Crippen LogP contribution is 2.21. The number of benzene rings is 2. The van der Waals surface area contributed by atoms with Crippen LogP contribution in [0.1, 0.15) is 95.6 Å². The Hall–Kier alpha value is -2.33. The summed E-state index contributed by atoms with van der Waals surface area (Å²) in [6.07, 6.45) is 15.9. The fraction of sp³-hybridized carbons (Fsp3) is 0.618. The molecule has 4 heteroatoms. The molecule has 38 heavy (non-hydrogen) atoms. The minimum atomic E-state index is -0.165. The summed E-state index contributed by atoms with van der Waals surface area (Å²) in [4.78, 5) is 12.6. The largest absolute Gasteiger partial charge is 0.490 e. The van der Waals surface area contributed by atoms with E-state index in [1.54, 1.807) is 0 Å². The van der Waals surface area contributed by atoms with Crippen LogP contribution in [0.2, 0.25) is 0 Å². The molecule has 0 bridgehead atoms. The zero-order valence-electron chi connectivity index (χ0n) is 24.8. The number of esters is 1. The van der Waals surface area contributed by atoms with Crippen molar-refractivity contribution in [3.8, 4) is 5.75 Å². The van der Waals surface area contributed by atoms with Crippen molar-refractivity contribution < 1.29 is 18.8 Å². The molecular weight excluding hydrogens is 470 g/mol. The van der Waals surface area contributed by atoms with Gasteiger partial charge < -0.3 is 14.0 Å². The number of hydrogen-bond donors (Lipinski definition) is 0. The van der Waals surface area contributed by atoms with E-state index in [0.717, 1.165) is 29.7 Å². The van der Waals surface area contributed by atoms with Crippen molar-refractivity contribution >= 4 is 5.97 Å². The third-order valence-corrected chi connectivity index (χ3v) is 7.23. The van der Waals surface area contributed by atoms with Gasteiger partial charge in [-0.05, 0) is 31.4 Å². The van der Waals surface area contributed by atoms with Crippen LogP contribution in [0.5, 0.6) is 5.75 Å². The van der Waals surface area contributed by atoms with Gasteiger partial charge in [0.05, 0.1) is 20.6 Å². The van der Waals surface area contributed by atoms with E-state index >= 15 is 0 Å². The maximum Gasteiger partial charge on any atom is 0.314 e. The number of rotatable bonds is 21. The van der Waals surface area contributed by atoms with Gasteiger partial charge in [-0.3, -0.25) is 4.79 Å². The minimum absolute atomic E-state index is 0.151. The molecule has 0 aliphatic heterocycles. The lowest BCUT2D eigenvalue weighted by Crippen LogP contribution is -2.44. The molecule has 4 nitrogen and oxygen atoms in total. The van der Waals surface area contributed by atoms with Crippen molar-refractivity contribution in [3.05, 3.63) is 65.7 Å². The molecule has 2 aromatic rings. The first-order valence-corrected chi connectivity index (χ1v) is 15.1. The molecule has 2 aromatic carbocycles. The second-order valence-electron chi connectivity index (χ2n) is 11.6. The van der Waals surface area contributed by atoms with Crippen LogP contribution in [-0.4, -0.2) is 44.3 Å². The third-order valence-electron chi connectivity index (χ3n) is 7.23. The first-order valence-electron chi connectivity index (χ1n) is 15.1. The lowest BCUT2D eigenvalue weighted by Gasteiger charge is -2.31. The number of carbonyl (C=O) groups excluding carboxylic acids is 1. The van der Waals surface area contributed by atoms with Crippen molar-refractivity contribution in [1.29, 1.82) is 0 Å². The van der Waals surface area contributed by atoms with Crippen LogP contribution in [0.3, 0.4) is 0 Å². The van der Waals surface area contributed by atoms with Gasteiger partial charge in [-0.15, -0.1) is 0 Å². The molecule has 0 aliphatic carbocycles. The molecule has 0 radical (unpaired) electrons. The maximum atomic E-state index is 12.6. The van der Waals surface area contributed by atoms with E-state index in [1.807, 2.05) is 25.1 Å². The smallest absolute Gasteiger partial charge is 0.314 e.